The van der Waals surface area contributed by atoms with Crippen LogP contribution in [0, 0.1) is 0 Å². The van der Waals surface area contributed by atoms with E-state index in [4.69, 9.17) is 0 Å². The number of nitrogens with zero attached hydrogens (tertiary/aromatic N) is 5. The van der Waals surface area contributed by atoms with E-state index in [0.29, 0.717) is 19.0 Å². The first kappa shape index (κ1) is 19.7. The third-order valence-corrected chi connectivity index (χ3v) is 4.50. The van der Waals surface area contributed by atoms with Gasteiger partial charge in [-0.2, -0.15) is 5.10 Å². The smallest absolute Gasteiger partial charge is 0.193 e. The summed E-state index contributed by atoms with van der Waals surface area (Å²) in [5.74, 6) is 0.607. The lowest BCUT2D eigenvalue weighted by Gasteiger charge is -2.23. The van der Waals surface area contributed by atoms with Gasteiger partial charge in [-0.1, -0.05) is 0 Å². The minimum Gasteiger partial charge on any atom is -0.383 e. The lowest BCUT2D eigenvalue weighted by Crippen LogP contribution is -2.44. The monoisotopic (exact) mass is 475 g/mol. The Bertz CT molecular complexity index is 822. The first-order valence-electron chi connectivity index (χ1n) is 7.55. The third-order valence-electron chi connectivity index (χ3n) is 3.73. The number of aliphatic hydroxyl groups is 1. The fourth-order valence-electron chi connectivity index (χ4n) is 2.31. The molecule has 0 bridgehead atoms. The number of hydrogen-bond donors (Lipinski definition) is 3. The van der Waals surface area contributed by atoms with Crippen molar-refractivity contribution in [2.24, 2.45) is 12.0 Å². The zero-order valence-electron chi connectivity index (χ0n) is 14.3. The van der Waals surface area contributed by atoms with E-state index >= 15 is 0 Å². The molecule has 25 heavy (non-hydrogen) atoms. The van der Waals surface area contributed by atoms with Crippen LogP contribution in [0.25, 0.3) is 4.96 Å². The van der Waals surface area contributed by atoms with Gasteiger partial charge in [0.1, 0.15) is 5.60 Å². The number of halogens is 1. The zero-order valence-corrected chi connectivity index (χ0v) is 17.4. The van der Waals surface area contributed by atoms with Gasteiger partial charge in [0.05, 0.1) is 25.0 Å². The summed E-state index contributed by atoms with van der Waals surface area (Å²) in [6, 6.07) is 0. The van der Waals surface area contributed by atoms with Crippen molar-refractivity contribution in [1.82, 2.24) is 29.8 Å². The van der Waals surface area contributed by atoms with Gasteiger partial charge in [0, 0.05) is 43.6 Å². The van der Waals surface area contributed by atoms with Gasteiger partial charge < -0.3 is 15.7 Å². The van der Waals surface area contributed by atoms with E-state index in [1.807, 2.05) is 29.2 Å². The molecule has 3 heterocycles. The van der Waals surface area contributed by atoms with Gasteiger partial charge in [-0.15, -0.1) is 35.3 Å². The minimum atomic E-state index is -1.04. The maximum absolute atomic E-state index is 10.6. The highest BCUT2D eigenvalue weighted by atomic mass is 127. The molecule has 0 saturated heterocycles. The number of nitrogens with one attached hydrogen (secondary N) is 2. The molecule has 3 aromatic rings. The van der Waals surface area contributed by atoms with Crippen molar-refractivity contribution in [2.45, 2.75) is 19.1 Å². The maximum atomic E-state index is 10.6. The van der Waals surface area contributed by atoms with E-state index in [2.05, 4.69) is 25.7 Å². The van der Waals surface area contributed by atoms with E-state index in [-0.39, 0.29) is 24.0 Å². The summed E-state index contributed by atoms with van der Waals surface area (Å²) in [4.78, 5) is 9.66. The highest BCUT2D eigenvalue weighted by molar-refractivity contribution is 14.0. The molecule has 0 aliphatic carbocycles. The van der Waals surface area contributed by atoms with Crippen LogP contribution in [-0.2, 0) is 19.2 Å². The van der Waals surface area contributed by atoms with Gasteiger partial charge >= 0.3 is 0 Å². The van der Waals surface area contributed by atoms with Crippen molar-refractivity contribution in [1.29, 1.82) is 0 Å². The summed E-state index contributed by atoms with van der Waals surface area (Å²) in [5.41, 5.74) is 0.647. The molecule has 0 fully saturated rings. The Balaban J connectivity index is 0.00000225. The number of hydrogen-bond acceptors (Lipinski definition) is 5. The minimum absolute atomic E-state index is 0. The molecule has 3 N–H and O–H groups in total. The van der Waals surface area contributed by atoms with Gasteiger partial charge in [-0.3, -0.25) is 14.1 Å². The van der Waals surface area contributed by atoms with Crippen molar-refractivity contribution in [2.75, 3.05) is 13.6 Å². The Morgan fingerprint density at radius 2 is 2.20 bits per heavy atom. The number of guanidine groups is 1. The van der Waals surface area contributed by atoms with Crippen molar-refractivity contribution >= 4 is 46.2 Å². The highest BCUT2D eigenvalue weighted by Crippen LogP contribution is 2.18. The number of aryl methyl sites for hydroxylation is 1. The lowest BCUT2D eigenvalue weighted by molar-refractivity contribution is 0.0616. The molecule has 3 aromatic heterocycles. The third kappa shape index (κ3) is 4.70. The van der Waals surface area contributed by atoms with Crippen molar-refractivity contribution in [3.63, 3.8) is 0 Å². The summed E-state index contributed by atoms with van der Waals surface area (Å²) in [5, 5.41) is 23.0. The van der Waals surface area contributed by atoms with Crippen LogP contribution in [0.1, 0.15) is 18.2 Å². The largest absolute Gasteiger partial charge is 0.383 e. The average Bonchev–Trinajstić information content (AvgIpc) is 3.23. The topological polar surface area (TPSA) is 91.8 Å². The lowest BCUT2D eigenvalue weighted by atomic mass is 10.00. The van der Waals surface area contributed by atoms with Crippen LogP contribution < -0.4 is 10.6 Å². The van der Waals surface area contributed by atoms with Crippen molar-refractivity contribution in [3.8, 4) is 0 Å². The van der Waals surface area contributed by atoms with Crippen molar-refractivity contribution < 1.29 is 5.11 Å². The van der Waals surface area contributed by atoms with Crippen LogP contribution in [-0.4, -0.2) is 43.8 Å². The number of fused-ring (bicyclic) bond motifs is 1. The van der Waals surface area contributed by atoms with E-state index in [9.17, 15) is 5.11 Å². The first-order chi connectivity index (χ1) is 11.5. The van der Waals surface area contributed by atoms with Crippen LogP contribution in [0.2, 0.25) is 0 Å². The predicted molar refractivity (Wildman–Crippen MR) is 109 cm³/mol. The molecule has 0 saturated carbocycles. The molecule has 0 radical (unpaired) electrons. The first-order valence-corrected chi connectivity index (χ1v) is 8.43. The number of imidazole rings is 1. The summed E-state index contributed by atoms with van der Waals surface area (Å²) < 4.78 is 3.66. The molecule has 1 atom stereocenters. The summed E-state index contributed by atoms with van der Waals surface area (Å²) in [7, 11) is 3.52. The van der Waals surface area contributed by atoms with Crippen molar-refractivity contribution in [3.05, 3.63) is 41.4 Å². The van der Waals surface area contributed by atoms with Gasteiger partial charge in [0.15, 0.2) is 10.9 Å². The van der Waals surface area contributed by atoms with Gasteiger partial charge in [0.2, 0.25) is 0 Å². The average molecular weight is 475 g/mol. The molecule has 1 unspecified atom stereocenters. The second kappa shape index (κ2) is 8.15. The normalized spacial score (nSPS) is 14.2. The van der Waals surface area contributed by atoms with Crippen LogP contribution in [0.15, 0.2) is 35.2 Å². The van der Waals surface area contributed by atoms with E-state index < -0.39 is 5.60 Å². The maximum Gasteiger partial charge on any atom is 0.193 e. The SMILES string of the molecule is CN=C(NCc1cn2ccsc2n1)NCC(C)(O)c1cnn(C)c1.I. The van der Waals surface area contributed by atoms with Gasteiger partial charge in [-0.05, 0) is 6.92 Å². The fourth-order valence-corrected chi connectivity index (χ4v) is 3.03. The molecule has 8 nitrogen and oxygen atoms in total. The molecule has 0 spiro atoms. The van der Waals surface area contributed by atoms with Crippen LogP contribution in [0.3, 0.4) is 0 Å². The number of aliphatic imine (C=N–C) groups is 1. The summed E-state index contributed by atoms with van der Waals surface area (Å²) in [6.45, 7) is 2.62. The van der Waals surface area contributed by atoms with Crippen LogP contribution in [0.4, 0.5) is 0 Å². The van der Waals surface area contributed by atoms with E-state index in [1.54, 1.807) is 42.4 Å². The molecule has 0 aliphatic rings. The fraction of sp³-hybridized carbons (Fsp3) is 0.400. The number of rotatable bonds is 5. The van der Waals surface area contributed by atoms with Gasteiger partial charge in [-0.25, -0.2) is 4.98 Å². The molecule has 10 heteroatoms. The second-order valence-corrected chi connectivity index (χ2v) is 6.65. The van der Waals surface area contributed by atoms with Gasteiger partial charge in [0.25, 0.3) is 0 Å². The molecular formula is C15H22IN7OS. The Morgan fingerprint density at radius 3 is 2.84 bits per heavy atom. The Hall–Kier alpha value is -1.66. The predicted octanol–water partition coefficient (Wildman–Crippen LogP) is 1.32. The molecule has 0 aromatic carbocycles. The Labute approximate surface area is 167 Å². The molecule has 0 amide bonds. The van der Waals surface area contributed by atoms with E-state index in [1.165, 1.54) is 0 Å². The quantitative estimate of drug-likeness (QED) is 0.294. The standard InChI is InChI=1S/C15H21N7OS.HI/c1-15(23,11-6-19-21(3)8-11)10-18-13(16-2)17-7-12-9-22-4-5-24-14(22)20-12;/h4-6,8-9,23H,7,10H2,1-3H3,(H2,16,17,18);1H. The van der Waals surface area contributed by atoms with E-state index in [0.717, 1.165) is 16.2 Å². The molecular weight excluding hydrogens is 453 g/mol. The molecule has 136 valence electrons. The van der Waals surface area contributed by atoms with Crippen LogP contribution >= 0.6 is 35.3 Å². The highest BCUT2D eigenvalue weighted by Gasteiger charge is 2.25. The second-order valence-electron chi connectivity index (χ2n) is 5.78. The Morgan fingerprint density at radius 1 is 1.40 bits per heavy atom. The molecule has 3 rings (SSSR count). The number of aromatic nitrogens is 4. The van der Waals surface area contributed by atoms with Crippen LogP contribution in [0.5, 0.6) is 0 Å². The molecule has 0 aliphatic heterocycles. The summed E-state index contributed by atoms with van der Waals surface area (Å²) >= 11 is 1.60. The number of thiazole rings is 1. The summed E-state index contributed by atoms with van der Waals surface area (Å²) in [6.07, 6.45) is 7.43. The zero-order chi connectivity index (χ0) is 17.2. The Kier molecular flexibility index (Phi) is 6.41.